The van der Waals surface area contributed by atoms with Gasteiger partial charge < -0.3 is 15.2 Å². The van der Waals surface area contributed by atoms with Crippen molar-refractivity contribution in [3.63, 3.8) is 0 Å². The maximum atomic E-state index is 13.6. The molecule has 0 spiro atoms. The molecule has 5 heteroatoms. The van der Waals surface area contributed by atoms with Crippen LogP contribution in [0.5, 0.6) is 11.8 Å². The molecule has 4 aromatic rings. The normalized spacial score (nSPS) is 10.6. The molecule has 0 saturated carbocycles. The van der Waals surface area contributed by atoms with Gasteiger partial charge in [-0.25, -0.2) is 4.39 Å². The number of ether oxygens (including phenoxy) is 2. The third kappa shape index (κ3) is 4.75. The number of anilines is 1. The fourth-order valence-electron chi connectivity index (χ4n) is 3.00. The van der Waals surface area contributed by atoms with Gasteiger partial charge in [-0.1, -0.05) is 66.7 Å². The van der Waals surface area contributed by atoms with Crippen LogP contribution in [-0.4, -0.2) is 4.98 Å². The van der Waals surface area contributed by atoms with E-state index in [2.05, 4.69) is 4.98 Å². The Morgan fingerprint density at radius 1 is 0.733 bits per heavy atom. The molecule has 2 N–H and O–H groups in total. The van der Waals surface area contributed by atoms with E-state index in [4.69, 9.17) is 15.2 Å². The van der Waals surface area contributed by atoms with Gasteiger partial charge in [-0.3, -0.25) is 0 Å². The van der Waals surface area contributed by atoms with Crippen LogP contribution in [0.15, 0.2) is 91.0 Å². The highest BCUT2D eigenvalue weighted by Gasteiger charge is 2.13. The first kappa shape index (κ1) is 19.5. The minimum atomic E-state index is -0.457. The molecule has 0 atom stereocenters. The lowest BCUT2D eigenvalue weighted by Gasteiger charge is -2.14. The molecule has 1 heterocycles. The molecule has 0 saturated heterocycles. The molecule has 0 bridgehead atoms. The standard InChI is InChI=1S/C25H21FN2O2/c26-22-13-11-20(15-23(22)27)21-12-14-24(29-16-18-7-3-1-4-8-18)28-25(21)30-17-19-9-5-2-6-10-19/h1-15H,16-17,27H2. The van der Waals surface area contributed by atoms with E-state index in [1.54, 1.807) is 18.2 Å². The minimum absolute atomic E-state index is 0.0749. The van der Waals surface area contributed by atoms with Crippen LogP contribution in [0.2, 0.25) is 0 Å². The molecule has 1 aromatic heterocycles. The predicted molar refractivity (Wildman–Crippen MR) is 116 cm³/mol. The first-order chi connectivity index (χ1) is 14.7. The summed E-state index contributed by atoms with van der Waals surface area (Å²) in [5.41, 5.74) is 9.32. The molecule has 150 valence electrons. The molecule has 30 heavy (non-hydrogen) atoms. The van der Waals surface area contributed by atoms with Crippen molar-refractivity contribution in [1.82, 2.24) is 4.98 Å². The third-order valence-electron chi connectivity index (χ3n) is 4.59. The number of halogens is 1. The number of aromatic nitrogens is 1. The van der Waals surface area contributed by atoms with Crippen LogP contribution in [0.1, 0.15) is 11.1 Å². The zero-order valence-corrected chi connectivity index (χ0v) is 16.3. The Morgan fingerprint density at radius 3 is 2.00 bits per heavy atom. The smallest absolute Gasteiger partial charge is 0.225 e. The maximum absolute atomic E-state index is 13.6. The number of hydrogen-bond acceptors (Lipinski definition) is 4. The van der Waals surface area contributed by atoms with E-state index in [-0.39, 0.29) is 5.69 Å². The fourth-order valence-corrected chi connectivity index (χ4v) is 3.00. The molecule has 0 radical (unpaired) electrons. The number of benzene rings is 3. The third-order valence-corrected chi connectivity index (χ3v) is 4.59. The van der Waals surface area contributed by atoms with E-state index in [1.165, 1.54) is 6.07 Å². The van der Waals surface area contributed by atoms with Crippen LogP contribution in [-0.2, 0) is 13.2 Å². The Hall–Kier alpha value is -3.86. The van der Waals surface area contributed by atoms with Crippen molar-refractivity contribution >= 4 is 5.69 Å². The van der Waals surface area contributed by atoms with E-state index < -0.39 is 5.82 Å². The maximum Gasteiger partial charge on any atom is 0.225 e. The molecular formula is C25H21FN2O2. The summed E-state index contributed by atoms with van der Waals surface area (Å²) in [6, 6.07) is 27.9. The molecule has 4 nitrogen and oxygen atoms in total. The summed E-state index contributed by atoms with van der Waals surface area (Å²) in [5, 5.41) is 0. The van der Waals surface area contributed by atoms with Crippen LogP contribution < -0.4 is 15.2 Å². The molecule has 0 aliphatic heterocycles. The number of nitrogens with two attached hydrogens (primary N) is 1. The van der Waals surface area contributed by atoms with Gasteiger partial charge in [-0.05, 0) is 34.9 Å². The topological polar surface area (TPSA) is 57.4 Å². The SMILES string of the molecule is Nc1cc(-c2ccc(OCc3ccccc3)nc2OCc2ccccc2)ccc1F. The van der Waals surface area contributed by atoms with E-state index in [1.807, 2.05) is 66.7 Å². The Bertz CT molecular complexity index is 1120. The van der Waals surface area contributed by atoms with Crippen LogP contribution in [0.3, 0.4) is 0 Å². The Morgan fingerprint density at radius 2 is 1.37 bits per heavy atom. The monoisotopic (exact) mass is 400 g/mol. The molecule has 0 amide bonds. The molecule has 4 rings (SSSR count). The summed E-state index contributed by atoms with van der Waals surface area (Å²) in [6.07, 6.45) is 0. The average molecular weight is 400 g/mol. The summed E-state index contributed by atoms with van der Waals surface area (Å²) in [5.74, 6) is 0.387. The number of hydrogen-bond donors (Lipinski definition) is 1. The van der Waals surface area contributed by atoms with Crippen molar-refractivity contribution < 1.29 is 13.9 Å². The van der Waals surface area contributed by atoms with Crippen molar-refractivity contribution in [1.29, 1.82) is 0 Å². The summed E-state index contributed by atoms with van der Waals surface area (Å²) in [4.78, 5) is 4.55. The second kappa shape index (κ2) is 9.09. The van der Waals surface area contributed by atoms with E-state index in [0.717, 1.165) is 16.7 Å². The number of nitrogen functional groups attached to an aromatic ring is 1. The van der Waals surface area contributed by atoms with Crippen LogP contribution >= 0.6 is 0 Å². The zero-order chi connectivity index (χ0) is 20.8. The average Bonchev–Trinajstić information content (AvgIpc) is 2.79. The van der Waals surface area contributed by atoms with Crippen LogP contribution in [0.4, 0.5) is 10.1 Å². The van der Waals surface area contributed by atoms with Crippen molar-refractivity contribution in [2.45, 2.75) is 13.2 Å². The first-order valence-electron chi connectivity index (χ1n) is 9.59. The highest BCUT2D eigenvalue weighted by molar-refractivity contribution is 5.72. The zero-order valence-electron chi connectivity index (χ0n) is 16.3. The van der Waals surface area contributed by atoms with E-state index in [0.29, 0.717) is 30.5 Å². The van der Waals surface area contributed by atoms with Gasteiger partial charge in [0.05, 0.1) is 5.69 Å². The summed E-state index contributed by atoms with van der Waals surface area (Å²) in [7, 11) is 0. The molecule has 3 aromatic carbocycles. The summed E-state index contributed by atoms with van der Waals surface area (Å²) in [6.45, 7) is 0.745. The quantitative estimate of drug-likeness (QED) is 0.409. The van der Waals surface area contributed by atoms with Crippen molar-refractivity contribution in [2.24, 2.45) is 0 Å². The van der Waals surface area contributed by atoms with Gasteiger partial charge in [0.25, 0.3) is 0 Å². The lowest BCUT2D eigenvalue weighted by Crippen LogP contribution is -2.02. The number of nitrogens with zero attached hydrogens (tertiary/aromatic N) is 1. The van der Waals surface area contributed by atoms with Crippen molar-refractivity contribution in [3.8, 4) is 22.9 Å². The second-order valence-corrected chi connectivity index (χ2v) is 6.79. The van der Waals surface area contributed by atoms with Gasteiger partial charge in [-0.15, -0.1) is 0 Å². The lowest BCUT2D eigenvalue weighted by molar-refractivity contribution is 0.268. The molecule has 0 aliphatic rings. The molecular weight excluding hydrogens is 379 g/mol. The Balaban J connectivity index is 1.61. The van der Waals surface area contributed by atoms with Gasteiger partial charge in [-0.2, -0.15) is 4.98 Å². The van der Waals surface area contributed by atoms with Gasteiger partial charge in [0.15, 0.2) is 0 Å². The summed E-state index contributed by atoms with van der Waals surface area (Å²) >= 11 is 0. The molecule has 0 aliphatic carbocycles. The highest BCUT2D eigenvalue weighted by atomic mass is 19.1. The first-order valence-corrected chi connectivity index (χ1v) is 9.59. The van der Waals surface area contributed by atoms with Gasteiger partial charge in [0.1, 0.15) is 19.0 Å². The van der Waals surface area contributed by atoms with E-state index >= 15 is 0 Å². The predicted octanol–water partition coefficient (Wildman–Crippen LogP) is 5.63. The largest absolute Gasteiger partial charge is 0.473 e. The second-order valence-electron chi connectivity index (χ2n) is 6.79. The van der Waals surface area contributed by atoms with Gasteiger partial charge in [0, 0.05) is 11.6 Å². The summed E-state index contributed by atoms with van der Waals surface area (Å²) < 4.78 is 25.5. The Kier molecular flexibility index (Phi) is 5.90. The van der Waals surface area contributed by atoms with Crippen molar-refractivity contribution in [3.05, 3.63) is 108 Å². The van der Waals surface area contributed by atoms with Crippen molar-refractivity contribution in [2.75, 3.05) is 5.73 Å². The highest BCUT2D eigenvalue weighted by Crippen LogP contribution is 2.33. The van der Waals surface area contributed by atoms with Gasteiger partial charge >= 0.3 is 0 Å². The Labute approximate surface area is 174 Å². The van der Waals surface area contributed by atoms with Crippen LogP contribution in [0.25, 0.3) is 11.1 Å². The number of rotatable bonds is 7. The lowest BCUT2D eigenvalue weighted by atomic mass is 10.1. The van der Waals surface area contributed by atoms with E-state index in [9.17, 15) is 4.39 Å². The van der Waals surface area contributed by atoms with Gasteiger partial charge in [0.2, 0.25) is 11.8 Å². The molecule has 0 unspecified atom stereocenters. The minimum Gasteiger partial charge on any atom is -0.473 e. The number of pyridine rings is 1. The van der Waals surface area contributed by atoms with Crippen LogP contribution in [0, 0.1) is 5.82 Å². The molecule has 0 fully saturated rings. The fraction of sp³-hybridized carbons (Fsp3) is 0.0800.